The summed E-state index contributed by atoms with van der Waals surface area (Å²) in [6, 6.07) is 8.49. The van der Waals surface area contributed by atoms with Crippen molar-refractivity contribution in [1.29, 1.82) is 0 Å². The van der Waals surface area contributed by atoms with Gasteiger partial charge in [-0.05, 0) is 23.8 Å². The van der Waals surface area contributed by atoms with Crippen LogP contribution in [0.3, 0.4) is 0 Å². The summed E-state index contributed by atoms with van der Waals surface area (Å²) in [4.78, 5) is 16.8. The van der Waals surface area contributed by atoms with Crippen molar-refractivity contribution in [2.75, 3.05) is 0 Å². The van der Waals surface area contributed by atoms with Crippen molar-refractivity contribution < 1.29 is 22.8 Å². The van der Waals surface area contributed by atoms with E-state index in [1.807, 2.05) is 0 Å². The predicted octanol–water partition coefficient (Wildman–Crippen LogP) is 6.50. The lowest BCUT2D eigenvalue weighted by Gasteiger charge is -2.29. The summed E-state index contributed by atoms with van der Waals surface area (Å²) in [5, 5.41) is 6.74. The van der Waals surface area contributed by atoms with Crippen LogP contribution in [-0.4, -0.2) is 17.8 Å². The van der Waals surface area contributed by atoms with Crippen molar-refractivity contribution in [2.24, 2.45) is 11.1 Å². The van der Waals surface area contributed by atoms with Crippen molar-refractivity contribution >= 4 is 46.4 Å². The molecule has 1 atom stereocenters. The van der Waals surface area contributed by atoms with Gasteiger partial charge in [-0.15, -0.1) is 0 Å². The van der Waals surface area contributed by atoms with Crippen molar-refractivity contribution in [2.45, 2.75) is 38.6 Å². The van der Waals surface area contributed by atoms with E-state index >= 15 is 0 Å². The number of amides is 1. The highest BCUT2D eigenvalue weighted by atomic mass is 35.5. The molecule has 1 aliphatic heterocycles. The van der Waals surface area contributed by atoms with E-state index in [1.165, 1.54) is 6.07 Å². The lowest BCUT2D eigenvalue weighted by molar-refractivity contribution is -0.275. The van der Waals surface area contributed by atoms with E-state index in [0.717, 1.165) is 12.1 Å². The molecule has 1 N–H and O–H groups in total. The molecule has 0 saturated carbocycles. The molecule has 10 heteroatoms. The Morgan fingerprint density at radius 3 is 2.42 bits per heavy atom. The number of nitrogens with one attached hydrogen (secondary N) is 1. The second kappa shape index (κ2) is 8.88. The van der Waals surface area contributed by atoms with Crippen LogP contribution in [0.5, 0.6) is 0 Å². The molecule has 0 aromatic heterocycles. The molecule has 2 aromatic rings. The fourth-order valence-corrected chi connectivity index (χ4v) is 3.99. The van der Waals surface area contributed by atoms with Crippen LogP contribution < -0.4 is 5.32 Å². The molecular formula is C21H18Cl3F3N2O2. The minimum atomic E-state index is -4.80. The molecule has 0 aliphatic carbocycles. The maximum absolute atomic E-state index is 14.2. The van der Waals surface area contributed by atoms with E-state index in [0.29, 0.717) is 5.56 Å². The summed E-state index contributed by atoms with van der Waals surface area (Å²) in [6.45, 7) is 3.62. The lowest BCUT2D eigenvalue weighted by atomic mass is 9.86. The smallest absolute Gasteiger partial charge is 0.374 e. The van der Waals surface area contributed by atoms with Gasteiger partial charge in [0.25, 0.3) is 5.60 Å². The largest absolute Gasteiger partial charge is 0.435 e. The molecule has 0 radical (unpaired) electrons. The van der Waals surface area contributed by atoms with E-state index in [2.05, 4.69) is 10.5 Å². The maximum atomic E-state index is 14.2. The Morgan fingerprint density at radius 1 is 1.19 bits per heavy atom. The summed E-state index contributed by atoms with van der Waals surface area (Å²) < 4.78 is 42.5. The number of benzene rings is 2. The molecule has 4 nitrogen and oxygen atoms in total. The number of carbonyl (C=O) groups excluding carboxylic acids is 1. The molecule has 2 aromatic carbocycles. The summed E-state index contributed by atoms with van der Waals surface area (Å²) in [7, 11) is 0. The van der Waals surface area contributed by atoms with E-state index in [-0.39, 0.29) is 50.3 Å². The highest BCUT2D eigenvalue weighted by Crippen LogP contribution is 2.50. The number of oxime groups is 1. The Balaban J connectivity index is 1.94. The average Bonchev–Trinajstić information content (AvgIpc) is 3.12. The first-order valence-electron chi connectivity index (χ1n) is 9.28. The topological polar surface area (TPSA) is 50.7 Å². The monoisotopic (exact) mass is 492 g/mol. The second-order valence-electron chi connectivity index (χ2n) is 7.44. The summed E-state index contributed by atoms with van der Waals surface area (Å²) in [6.07, 6.45) is -5.42. The number of hydrogen-bond acceptors (Lipinski definition) is 3. The zero-order chi connectivity index (χ0) is 23.0. The third-order valence-electron chi connectivity index (χ3n) is 4.88. The number of rotatable bonds is 5. The van der Waals surface area contributed by atoms with Crippen LogP contribution in [0.4, 0.5) is 13.2 Å². The number of nitrogens with zero attached hydrogens (tertiary/aromatic N) is 1. The third kappa shape index (κ3) is 4.78. The van der Waals surface area contributed by atoms with E-state index in [9.17, 15) is 18.0 Å². The van der Waals surface area contributed by atoms with Gasteiger partial charge < -0.3 is 10.2 Å². The molecule has 0 fully saturated rings. The third-order valence-corrected chi connectivity index (χ3v) is 5.76. The molecule has 166 valence electrons. The van der Waals surface area contributed by atoms with Gasteiger partial charge >= 0.3 is 6.18 Å². The van der Waals surface area contributed by atoms with Gasteiger partial charge in [0.2, 0.25) is 5.91 Å². The number of hydrogen-bond donors (Lipinski definition) is 1. The quantitative estimate of drug-likeness (QED) is 0.517. The fourth-order valence-electron chi connectivity index (χ4n) is 3.16. The number of carbonyl (C=O) groups is 1. The first-order valence-corrected chi connectivity index (χ1v) is 10.4. The standard InChI is InChI=1S/C21H18Cl3F3N2O2/c1-11(2)19(30)28-10-12-4-3-5-16(18(12)24)17-9-20(31-29-17,21(25,26)27)13-6-14(22)8-15(23)7-13/h3-8,11H,9-10H2,1-2H3,(H,28,30). The molecule has 1 unspecified atom stereocenters. The van der Waals surface area contributed by atoms with Crippen LogP contribution in [0.1, 0.15) is 37.0 Å². The Labute approximate surface area is 192 Å². The Hall–Kier alpha value is -1.96. The van der Waals surface area contributed by atoms with Crippen LogP contribution in [0, 0.1) is 5.92 Å². The van der Waals surface area contributed by atoms with Gasteiger partial charge in [-0.1, -0.05) is 72.0 Å². The van der Waals surface area contributed by atoms with Crippen molar-refractivity contribution in [3.63, 3.8) is 0 Å². The van der Waals surface area contributed by atoms with Gasteiger partial charge in [-0.3, -0.25) is 4.79 Å². The molecule has 0 bridgehead atoms. The average molecular weight is 494 g/mol. The molecule has 3 rings (SSSR count). The molecule has 0 spiro atoms. The Bertz CT molecular complexity index is 1020. The molecule has 1 aliphatic rings. The number of alkyl halides is 3. The van der Waals surface area contributed by atoms with Gasteiger partial charge in [-0.25, -0.2) is 0 Å². The van der Waals surface area contributed by atoms with E-state index < -0.39 is 18.2 Å². The van der Waals surface area contributed by atoms with Crippen LogP contribution in [0.15, 0.2) is 41.6 Å². The fraction of sp³-hybridized carbons (Fsp3) is 0.333. The van der Waals surface area contributed by atoms with Gasteiger partial charge in [0.05, 0.1) is 17.2 Å². The summed E-state index contributed by atoms with van der Waals surface area (Å²) in [5.41, 5.74) is -2.14. The van der Waals surface area contributed by atoms with Gasteiger partial charge in [-0.2, -0.15) is 13.2 Å². The molecule has 31 heavy (non-hydrogen) atoms. The Kier molecular flexibility index (Phi) is 6.79. The summed E-state index contributed by atoms with van der Waals surface area (Å²) in [5.74, 6) is -0.386. The first kappa shape index (κ1) is 23.7. The highest BCUT2D eigenvalue weighted by molar-refractivity contribution is 6.35. The Morgan fingerprint density at radius 2 is 1.84 bits per heavy atom. The zero-order valence-electron chi connectivity index (χ0n) is 16.5. The van der Waals surface area contributed by atoms with Crippen molar-refractivity contribution in [1.82, 2.24) is 5.32 Å². The maximum Gasteiger partial charge on any atom is 0.435 e. The SMILES string of the molecule is CC(C)C(=O)NCc1cccc(C2=NOC(c3cc(Cl)cc(Cl)c3)(C(F)(F)F)C2)c1Cl. The molecule has 1 heterocycles. The lowest BCUT2D eigenvalue weighted by Crippen LogP contribution is -2.42. The predicted molar refractivity (Wildman–Crippen MR) is 115 cm³/mol. The second-order valence-corrected chi connectivity index (χ2v) is 8.69. The molecule has 1 amide bonds. The zero-order valence-corrected chi connectivity index (χ0v) is 18.8. The molecule has 0 saturated heterocycles. The highest BCUT2D eigenvalue weighted by Gasteiger charge is 2.62. The van der Waals surface area contributed by atoms with Gasteiger partial charge in [0, 0.05) is 33.6 Å². The van der Waals surface area contributed by atoms with Crippen molar-refractivity contribution in [3.8, 4) is 0 Å². The number of halogens is 6. The normalized spacial score (nSPS) is 18.7. The van der Waals surface area contributed by atoms with Crippen LogP contribution in [-0.2, 0) is 21.8 Å². The van der Waals surface area contributed by atoms with Gasteiger partial charge in [0.1, 0.15) is 0 Å². The van der Waals surface area contributed by atoms with E-state index in [1.54, 1.807) is 32.0 Å². The van der Waals surface area contributed by atoms with Gasteiger partial charge in [0.15, 0.2) is 0 Å². The van der Waals surface area contributed by atoms with E-state index in [4.69, 9.17) is 39.6 Å². The first-order chi connectivity index (χ1) is 14.4. The van der Waals surface area contributed by atoms with Crippen LogP contribution in [0.25, 0.3) is 0 Å². The molecular weight excluding hydrogens is 476 g/mol. The minimum absolute atomic E-state index is 0.0236. The minimum Gasteiger partial charge on any atom is -0.374 e. The summed E-state index contributed by atoms with van der Waals surface area (Å²) >= 11 is 18.3. The van der Waals surface area contributed by atoms with Crippen LogP contribution in [0.2, 0.25) is 15.1 Å². The van der Waals surface area contributed by atoms with Crippen LogP contribution >= 0.6 is 34.8 Å². The van der Waals surface area contributed by atoms with Crippen molar-refractivity contribution in [3.05, 3.63) is 68.2 Å².